The molecule has 20 heavy (non-hydrogen) atoms. The third-order valence-corrected chi connectivity index (χ3v) is 3.44. The zero-order valence-corrected chi connectivity index (χ0v) is 11.5. The van der Waals surface area contributed by atoms with Gasteiger partial charge >= 0.3 is 5.69 Å². The van der Waals surface area contributed by atoms with Crippen LogP contribution in [0.3, 0.4) is 0 Å². The molecule has 0 aliphatic rings. The number of hydrogen-bond acceptors (Lipinski definition) is 8. The van der Waals surface area contributed by atoms with Gasteiger partial charge in [0.1, 0.15) is 5.69 Å². The lowest BCUT2D eigenvalue weighted by Gasteiger charge is -2.08. The molecule has 2 heterocycles. The summed E-state index contributed by atoms with van der Waals surface area (Å²) in [7, 11) is 0. The molecule has 0 unspecified atom stereocenters. The van der Waals surface area contributed by atoms with Crippen molar-refractivity contribution in [3.8, 4) is 5.88 Å². The molecule has 2 aromatic rings. The number of nitrogens with one attached hydrogen (secondary N) is 1. The van der Waals surface area contributed by atoms with Crippen LogP contribution in [0.15, 0.2) is 17.5 Å². The summed E-state index contributed by atoms with van der Waals surface area (Å²) in [4.78, 5) is 19.4. The fourth-order valence-corrected chi connectivity index (χ4v) is 2.31. The molecule has 0 amide bonds. The van der Waals surface area contributed by atoms with E-state index in [-0.39, 0.29) is 23.2 Å². The molecule has 0 saturated carbocycles. The van der Waals surface area contributed by atoms with Gasteiger partial charge in [0.05, 0.1) is 11.5 Å². The molecule has 0 bridgehead atoms. The zero-order valence-electron chi connectivity index (χ0n) is 10.7. The van der Waals surface area contributed by atoms with E-state index >= 15 is 0 Å². The summed E-state index contributed by atoms with van der Waals surface area (Å²) in [5.74, 6) is 5.23. The van der Waals surface area contributed by atoms with E-state index in [1.807, 2.05) is 17.5 Å². The largest absolute Gasteiger partial charge is 0.472 e. The molecule has 8 nitrogen and oxygen atoms in total. The molecule has 0 aliphatic heterocycles. The third-order valence-electron chi connectivity index (χ3n) is 2.51. The Labute approximate surface area is 118 Å². The Bertz CT molecular complexity index is 602. The summed E-state index contributed by atoms with van der Waals surface area (Å²) in [6, 6.07) is 3.91. The second-order valence-electron chi connectivity index (χ2n) is 3.87. The highest BCUT2D eigenvalue weighted by Gasteiger charge is 2.23. The quantitative estimate of drug-likeness (QED) is 0.473. The minimum atomic E-state index is -0.559. The fourth-order valence-electron chi connectivity index (χ4n) is 1.62. The molecule has 2 aromatic heterocycles. The van der Waals surface area contributed by atoms with E-state index in [4.69, 9.17) is 10.6 Å². The van der Waals surface area contributed by atoms with Crippen LogP contribution in [-0.4, -0.2) is 21.5 Å². The van der Waals surface area contributed by atoms with Crippen LogP contribution in [0.25, 0.3) is 0 Å². The maximum absolute atomic E-state index is 11.0. The Morgan fingerprint density at radius 1 is 1.55 bits per heavy atom. The van der Waals surface area contributed by atoms with Crippen molar-refractivity contribution in [2.24, 2.45) is 5.84 Å². The summed E-state index contributed by atoms with van der Waals surface area (Å²) in [6.07, 6.45) is 0.656. The monoisotopic (exact) mass is 295 g/mol. The number of aryl methyl sites for hydroxylation is 1. The van der Waals surface area contributed by atoms with Gasteiger partial charge in [-0.05, 0) is 18.4 Å². The molecule has 0 saturated heterocycles. The molecule has 0 radical (unpaired) electrons. The van der Waals surface area contributed by atoms with Gasteiger partial charge in [-0.25, -0.2) is 10.8 Å². The summed E-state index contributed by atoms with van der Waals surface area (Å²) in [5, 5.41) is 13.0. The predicted molar refractivity (Wildman–Crippen MR) is 74.8 cm³/mol. The Morgan fingerprint density at radius 2 is 2.35 bits per heavy atom. The van der Waals surface area contributed by atoms with Crippen LogP contribution >= 0.6 is 11.3 Å². The van der Waals surface area contributed by atoms with E-state index in [2.05, 4.69) is 15.4 Å². The normalized spacial score (nSPS) is 10.3. The summed E-state index contributed by atoms with van der Waals surface area (Å²) < 4.78 is 5.41. The lowest BCUT2D eigenvalue weighted by molar-refractivity contribution is -0.387. The number of nitro groups is 1. The third kappa shape index (κ3) is 3.19. The molecule has 0 aliphatic carbocycles. The number of nitrogens with two attached hydrogens (primary N) is 1. The van der Waals surface area contributed by atoms with Crippen LogP contribution in [0.5, 0.6) is 5.88 Å². The number of ether oxygens (including phenoxy) is 1. The van der Waals surface area contributed by atoms with Crippen molar-refractivity contribution < 1.29 is 9.66 Å². The Kier molecular flexibility index (Phi) is 4.43. The Balaban J connectivity index is 2.16. The van der Waals surface area contributed by atoms with Crippen molar-refractivity contribution in [2.75, 3.05) is 12.0 Å². The number of anilines is 1. The molecule has 0 spiro atoms. The van der Waals surface area contributed by atoms with E-state index in [9.17, 15) is 10.1 Å². The molecule has 0 aromatic carbocycles. The molecular formula is C11H13N5O3S. The number of aromatic nitrogens is 2. The second kappa shape index (κ2) is 6.26. The highest BCUT2D eigenvalue weighted by atomic mass is 32.1. The lowest BCUT2D eigenvalue weighted by atomic mass is 10.3. The minimum absolute atomic E-state index is 0.0768. The van der Waals surface area contributed by atoms with Gasteiger partial charge in [-0.15, -0.1) is 11.3 Å². The lowest BCUT2D eigenvalue weighted by Crippen LogP contribution is -2.14. The fraction of sp³-hybridized carbons (Fsp3) is 0.273. The number of hydrogen-bond donors (Lipinski definition) is 2. The first-order chi connectivity index (χ1) is 9.61. The molecule has 3 N–H and O–H groups in total. The van der Waals surface area contributed by atoms with Crippen molar-refractivity contribution in [3.05, 3.63) is 38.2 Å². The number of thiophene rings is 1. The van der Waals surface area contributed by atoms with Crippen molar-refractivity contribution >= 4 is 23.0 Å². The van der Waals surface area contributed by atoms with Gasteiger partial charge in [0.2, 0.25) is 5.95 Å². The summed E-state index contributed by atoms with van der Waals surface area (Å²) in [5.41, 5.74) is 2.21. The van der Waals surface area contributed by atoms with Crippen molar-refractivity contribution in [1.29, 1.82) is 0 Å². The van der Waals surface area contributed by atoms with Crippen LogP contribution in [0.1, 0.15) is 10.6 Å². The molecule has 106 valence electrons. The number of nitrogen functional groups attached to an aromatic ring is 1. The molecule has 2 rings (SSSR count). The standard InChI is InChI=1S/C11H13N5O3S/c1-7-9(16(17)18)10(14-11(13-7)15-12)19-5-4-8-3-2-6-20-8/h2-3,6H,4-5,12H2,1H3,(H,13,14,15). The maximum Gasteiger partial charge on any atom is 0.352 e. The van der Waals surface area contributed by atoms with Crippen LogP contribution in [0.4, 0.5) is 11.6 Å². The van der Waals surface area contributed by atoms with Crippen LogP contribution in [-0.2, 0) is 6.42 Å². The van der Waals surface area contributed by atoms with Gasteiger partial charge in [0.25, 0.3) is 5.88 Å². The van der Waals surface area contributed by atoms with E-state index in [1.54, 1.807) is 11.3 Å². The van der Waals surface area contributed by atoms with E-state index in [0.29, 0.717) is 13.0 Å². The molecular weight excluding hydrogens is 282 g/mol. The minimum Gasteiger partial charge on any atom is -0.472 e. The van der Waals surface area contributed by atoms with Gasteiger partial charge in [-0.1, -0.05) is 6.07 Å². The van der Waals surface area contributed by atoms with Crippen molar-refractivity contribution in [1.82, 2.24) is 9.97 Å². The number of hydrazine groups is 1. The zero-order chi connectivity index (χ0) is 14.5. The number of rotatable bonds is 6. The first-order valence-electron chi connectivity index (χ1n) is 5.76. The highest BCUT2D eigenvalue weighted by Crippen LogP contribution is 2.28. The molecule has 9 heteroatoms. The highest BCUT2D eigenvalue weighted by molar-refractivity contribution is 7.09. The predicted octanol–water partition coefficient (Wildman–Crippen LogP) is 1.66. The van der Waals surface area contributed by atoms with Crippen LogP contribution in [0, 0.1) is 17.0 Å². The smallest absolute Gasteiger partial charge is 0.352 e. The van der Waals surface area contributed by atoms with Gasteiger partial charge in [0.15, 0.2) is 0 Å². The summed E-state index contributed by atoms with van der Waals surface area (Å²) in [6.45, 7) is 1.80. The first-order valence-corrected chi connectivity index (χ1v) is 6.64. The van der Waals surface area contributed by atoms with E-state index in [0.717, 1.165) is 4.88 Å². The van der Waals surface area contributed by atoms with Gasteiger partial charge in [-0.3, -0.25) is 15.5 Å². The molecule has 0 atom stereocenters. The maximum atomic E-state index is 11.0. The average molecular weight is 295 g/mol. The first kappa shape index (κ1) is 14.2. The number of nitrogens with zero attached hydrogens (tertiary/aromatic N) is 3. The summed E-state index contributed by atoms with van der Waals surface area (Å²) >= 11 is 1.60. The van der Waals surface area contributed by atoms with Crippen LogP contribution in [0.2, 0.25) is 0 Å². The Hall–Kier alpha value is -2.26. The van der Waals surface area contributed by atoms with Crippen molar-refractivity contribution in [2.45, 2.75) is 13.3 Å². The average Bonchev–Trinajstić information content (AvgIpc) is 2.90. The van der Waals surface area contributed by atoms with Crippen LogP contribution < -0.4 is 16.0 Å². The second-order valence-corrected chi connectivity index (χ2v) is 4.90. The molecule has 0 fully saturated rings. The van der Waals surface area contributed by atoms with Gasteiger partial charge in [0, 0.05) is 11.3 Å². The van der Waals surface area contributed by atoms with E-state index in [1.165, 1.54) is 6.92 Å². The van der Waals surface area contributed by atoms with E-state index < -0.39 is 4.92 Å². The topological polar surface area (TPSA) is 116 Å². The Morgan fingerprint density at radius 3 is 2.95 bits per heavy atom. The van der Waals surface area contributed by atoms with Gasteiger partial charge in [-0.2, -0.15) is 4.98 Å². The van der Waals surface area contributed by atoms with Crippen molar-refractivity contribution in [3.63, 3.8) is 0 Å². The van der Waals surface area contributed by atoms with Gasteiger partial charge < -0.3 is 4.74 Å². The SMILES string of the molecule is Cc1nc(NN)nc(OCCc2cccs2)c1[N+](=O)[O-].